The lowest BCUT2D eigenvalue weighted by Crippen LogP contribution is -2.65. The molecule has 4 bridgehead atoms. The number of anilines is 1. The molecular weight excluding hydrogens is 567 g/mol. The van der Waals surface area contributed by atoms with Gasteiger partial charge in [0, 0.05) is 12.7 Å². The van der Waals surface area contributed by atoms with Crippen LogP contribution < -0.4 is 21.4 Å². The summed E-state index contributed by atoms with van der Waals surface area (Å²) in [6.07, 6.45) is -3.26. The summed E-state index contributed by atoms with van der Waals surface area (Å²) in [5.74, 6) is -0.505. The lowest BCUT2D eigenvalue weighted by molar-refractivity contribution is -0.329. The first-order valence-electron chi connectivity index (χ1n) is 14.6. The SMILES string of the molecule is CO[C@@H]1[C@@H](OC(N)O)[C@@H](O)[C@H](Oc2ccc3c(O)c(NC(=O)C45CC6CC(CC(F)(C6)C4)C5)c(=O)oc3c2C)OC1(C)C. The summed E-state index contributed by atoms with van der Waals surface area (Å²) in [6, 6.07) is 2.94. The first-order chi connectivity index (χ1) is 20.1. The molecule has 2 heterocycles. The second-order valence-electron chi connectivity index (χ2n) is 13.4. The van der Waals surface area contributed by atoms with Crippen LogP contribution in [0.1, 0.15) is 57.9 Å². The van der Waals surface area contributed by atoms with Crippen LogP contribution >= 0.6 is 0 Å². The van der Waals surface area contributed by atoms with Gasteiger partial charge in [-0.1, -0.05) is 0 Å². The van der Waals surface area contributed by atoms with Crippen LogP contribution in [0.4, 0.5) is 10.1 Å². The summed E-state index contributed by atoms with van der Waals surface area (Å²) in [5.41, 5.74) is 1.02. The molecule has 12 nitrogen and oxygen atoms in total. The van der Waals surface area contributed by atoms with Crippen LogP contribution in [0.25, 0.3) is 11.0 Å². The maximum atomic E-state index is 15.5. The van der Waals surface area contributed by atoms with Gasteiger partial charge in [-0.2, -0.15) is 0 Å². The maximum absolute atomic E-state index is 15.5. The fraction of sp³-hybridized carbons (Fsp3) is 0.667. The van der Waals surface area contributed by atoms with Gasteiger partial charge < -0.3 is 44.0 Å². The number of benzene rings is 1. The number of ether oxygens (including phenoxy) is 4. The first-order valence-corrected chi connectivity index (χ1v) is 14.6. The van der Waals surface area contributed by atoms with Crippen molar-refractivity contribution in [1.82, 2.24) is 0 Å². The van der Waals surface area contributed by atoms with E-state index in [1.165, 1.54) is 19.2 Å². The number of carbonyl (C=O) groups is 1. The highest BCUT2D eigenvalue weighted by Gasteiger charge is 2.61. The summed E-state index contributed by atoms with van der Waals surface area (Å²) in [6.45, 7) is 4.98. The number of aromatic hydroxyl groups is 1. The van der Waals surface area contributed by atoms with E-state index in [1.807, 2.05) is 0 Å². The number of fused-ring (bicyclic) bond motifs is 1. The van der Waals surface area contributed by atoms with Gasteiger partial charge in [-0.05, 0) is 83.3 Å². The number of rotatable bonds is 7. The van der Waals surface area contributed by atoms with Crippen LogP contribution in [0.5, 0.6) is 11.5 Å². The molecule has 1 aliphatic heterocycles. The van der Waals surface area contributed by atoms with E-state index >= 15 is 4.39 Å². The highest BCUT2D eigenvalue weighted by atomic mass is 19.1. The molecule has 1 saturated heterocycles. The second-order valence-corrected chi connectivity index (χ2v) is 13.4. The molecular formula is C30H39FN2O10. The van der Waals surface area contributed by atoms with Gasteiger partial charge in [-0.3, -0.25) is 10.5 Å². The van der Waals surface area contributed by atoms with Crippen molar-refractivity contribution >= 4 is 22.6 Å². The van der Waals surface area contributed by atoms with Crippen molar-refractivity contribution in [2.45, 2.75) is 102 Å². The number of amides is 1. The number of alkyl halides is 1. The number of aliphatic hydroxyl groups is 2. The Morgan fingerprint density at radius 3 is 2.49 bits per heavy atom. The Morgan fingerprint density at radius 1 is 1.21 bits per heavy atom. The van der Waals surface area contributed by atoms with Gasteiger partial charge >= 0.3 is 5.63 Å². The van der Waals surface area contributed by atoms with E-state index in [0.717, 1.165) is 6.42 Å². The van der Waals surface area contributed by atoms with Gasteiger partial charge in [-0.15, -0.1) is 0 Å². The van der Waals surface area contributed by atoms with Gasteiger partial charge in [0.05, 0.1) is 16.4 Å². The van der Waals surface area contributed by atoms with Gasteiger partial charge in [0.25, 0.3) is 0 Å². The molecule has 5 fully saturated rings. The lowest BCUT2D eigenvalue weighted by Gasteiger charge is -2.58. The maximum Gasteiger partial charge on any atom is 0.364 e. The third-order valence-corrected chi connectivity index (χ3v) is 9.77. The van der Waals surface area contributed by atoms with Crippen molar-refractivity contribution < 1.29 is 47.9 Å². The average molecular weight is 607 g/mol. The molecule has 3 unspecified atom stereocenters. The van der Waals surface area contributed by atoms with E-state index in [1.54, 1.807) is 20.8 Å². The van der Waals surface area contributed by atoms with E-state index in [2.05, 4.69) is 5.32 Å². The zero-order chi connectivity index (χ0) is 31.1. The Bertz CT molecular complexity index is 1480. The minimum atomic E-state index is -1.69. The van der Waals surface area contributed by atoms with Gasteiger partial charge in [0.1, 0.15) is 35.3 Å². The molecule has 2 aromatic rings. The highest BCUT2D eigenvalue weighted by Crippen LogP contribution is 2.63. The van der Waals surface area contributed by atoms with E-state index in [4.69, 9.17) is 29.1 Å². The smallest absolute Gasteiger partial charge is 0.364 e. The first kappa shape index (κ1) is 30.2. The number of aliphatic hydroxyl groups excluding tert-OH is 2. The van der Waals surface area contributed by atoms with Crippen molar-refractivity contribution in [2.75, 3.05) is 12.4 Å². The number of carbonyl (C=O) groups excluding carboxylic acids is 1. The van der Waals surface area contributed by atoms with Crippen LogP contribution in [0.3, 0.4) is 0 Å². The zero-order valence-electron chi connectivity index (χ0n) is 24.6. The Morgan fingerprint density at radius 2 is 1.88 bits per heavy atom. The Hall–Kier alpha value is -2.81. The number of nitrogens with two attached hydrogens (primary N) is 1. The largest absolute Gasteiger partial charge is 0.505 e. The summed E-state index contributed by atoms with van der Waals surface area (Å²) in [7, 11) is 1.40. The molecule has 0 radical (unpaired) electrons. The van der Waals surface area contributed by atoms with Crippen LogP contribution in [0.2, 0.25) is 0 Å². The molecule has 7 rings (SSSR count). The normalized spacial score (nSPS) is 36.9. The van der Waals surface area contributed by atoms with Crippen molar-refractivity contribution in [2.24, 2.45) is 23.0 Å². The minimum Gasteiger partial charge on any atom is -0.505 e. The number of aryl methyl sites for hydroxylation is 1. The third kappa shape index (κ3) is 5.09. The minimum absolute atomic E-state index is 0.0000208. The molecule has 1 aromatic heterocycles. The molecule has 1 amide bonds. The van der Waals surface area contributed by atoms with E-state index in [0.29, 0.717) is 31.2 Å². The summed E-state index contributed by atoms with van der Waals surface area (Å²) in [5, 5.41) is 34.4. The molecule has 6 N–H and O–H groups in total. The second kappa shape index (κ2) is 10.4. The predicted molar refractivity (Wildman–Crippen MR) is 150 cm³/mol. The molecule has 7 atom stereocenters. The summed E-state index contributed by atoms with van der Waals surface area (Å²) >= 11 is 0. The molecule has 1 aromatic carbocycles. The Labute approximate surface area is 247 Å². The Kier molecular flexibility index (Phi) is 7.30. The summed E-state index contributed by atoms with van der Waals surface area (Å²) < 4.78 is 43.8. The Balaban J connectivity index is 1.27. The number of halogens is 1. The fourth-order valence-corrected chi connectivity index (χ4v) is 8.38. The van der Waals surface area contributed by atoms with Crippen molar-refractivity contribution in [1.29, 1.82) is 0 Å². The van der Waals surface area contributed by atoms with Crippen molar-refractivity contribution in [3.63, 3.8) is 0 Å². The molecule has 43 heavy (non-hydrogen) atoms. The van der Waals surface area contributed by atoms with Crippen LogP contribution in [0, 0.1) is 24.2 Å². The standard InChI is InChI=1S/C30H39FN2O10/c1-13-17(40-25-20(35)22(42-27(32)38)23(39-4)28(2,3)43-25)6-5-16-19(34)18(24(36)41-21(13)16)33-26(37)29-8-14-7-15(9-29)11-30(31,10-14)12-29/h5-6,14-15,20,22-23,25,27,34-35,38H,7-12,32H2,1-4H3,(H,33,37)/t14?,15?,20-,22+,23-,25-,27?,29?,30?/m1/s1. The van der Waals surface area contributed by atoms with Gasteiger partial charge in [0.2, 0.25) is 18.6 Å². The van der Waals surface area contributed by atoms with Crippen LogP contribution in [-0.2, 0) is 19.0 Å². The monoisotopic (exact) mass is 606 g/mol. The van der Waals surface area contributed by atoms with Crippen molar-refractivity contribution in [3.05, 3.63) is 28.1 Å². The number of methoxy groups -OCH3 is 1. The van der Waals surface area contributed by atoms with E-state index in [9.17, 15) is 24.9 Å². The molecule has 13 heteroatoms. The number of nitrogens with one attached hydrogen (secondary N) is 1. The van der Waals surface area contributed by atoms with Crippen LogP contribution in [0.15, 0.2) is 21.3 Å². The molecule has 4 aliphatic carbocycles. The quantitative estimate of drug-likeness (QED) is 0.231. The van der Waals surface area contributed by atoms with Crippen molar-refractivity contribution in [3.8, 4) is 11.5 Å². The molecule has 0 spiro atoms. The third-order valence-electron chi connectivity index (χ3n) is 9.77. The molecule has 236 valence electrons. The molecule has 5 aliphatic rings. The number of hydrogen-bond donors (Lipinski definition) is 5. The van der Waals surface area contributed by atoms with Crippen LogP contribution in [-0.4, -0.2) is 70.6 Å². The molecule has 4 saturated carbocycles. The topological polar surface area (TPSA) is 183 Å². The average Bonchev–Trinajstić information content (AvgIpc) is 2.89. The van der Waals surface area contributed by atoms with E-state index < -0.39 is 70.7 Å². The predicted octanol–water partition coefficient (Wildman–Crippen LogP) is 2.56. The highest BCUT2D eigenvalue weighted by molar-refractivity contribution is 6.00. The number of hydrogen-bond acceptors (Lipinski definition) is 11. The van der Waals surface area contributed by atoms with E-state index in [-0.39, 0.29) is 35.0 Å². The lowest BCUT2D eigenvalue weighted by atomic mass is 9.48. The fourth-order valence-electron chi connectivity index (χ4n) is 8.38. The van der Waals surface area contributed by atoms with Gasteiger partial charge in [0.15, 0.2) is 11.4 Å². The van der Waals surface area contributed by atoms with Gasteiger partial charge in [-0.25, -0.2) is 9.18 Å². The summed E-state index contributed by atoms with van der Waals surface area (Å²) in [4.78, 5) is 26.6. The zero-order valence-corrected chi connectivity index (χ0v) is 24.6.